The Morgan fingerprint density at radius 3 is 2.52 bits per heavy atom. The molecule has 5 nitrogen and oxygen atoms in total. The summed E-state index contributed by atoms with van der Waals surface area (Å²) in [5, 5.41) is 3.47. The van der Waals surface area contributed by atoms with Crippen LogP contribution in [0.2, 0.25) is 0 Å². The smallest absolute Gasteiger partial charge is 0.339 e. The maximum absolute atomic E-state index is 12.8. The standard InChI is InChI=1S/C24H26N2O3/c1-16(2)12-13-25-23(27)15-29-24(28)20-14-22(18-10-8-17(3)9-11-18)26-21-7-5-4-6-19(20)21/h4-11,14,16H,12-13,15H2,1-3H3,(H,25,27). The monoisotopic (exact) mass is 390 g/mol. The van der Waals surface area contributed by atoms with Crippen LogP contribution in [0, 0.1) is 12.8 Å². The molecule has 0 unspecified atom stereocenters. The number of esters is 1. The summed E-state index contributed by atoms with van der Waals surface area (Å²) in [5.74, 6) is -0.326. The summed E-state index contributed by atoms with van der Waals surface area (Å²) >= 11 is 0. The van der Waals surface area contributed by atoms with Crippen LogP contribution in [0.25, 0.3) is 22.2 Å². The highest BCUT2D eigenvalue weighted by atomic mass is 16.5. The van der Waals surface area contributed by atoms with Crippen LogP contribution in [0.1, 0.15) is 36.2 Å². The van der Waals surface area contributed by atoms with Crippen LogP contribution in [0.4, 0.5) is 0 Å². The Hall–Kier alpha value is -3.21. The van der Waals surface area contributed by atoms with E-state index in [0.29, 0.717) is 34.6 Å². The van der Waals surface area contributed by atoms with Crippen molar-refractivity contribution in [1.29, 1.82) is 0 Å². The van der Waals surface area contributed by atoms with Crippen molar-refractivity contribution >= 4 is 22.8 Å². The van der Waals surface area contributed by atoms with Crippen molar-refractivity contribution in [2.45, 2.75) is 27.2 Å². The Balaban J connectivity index is 1.81. The molecule has 29 heavy (non-hydrogen) atoms. The number of carbonyl (C=O) groups is 2. The molecular weight excluding hydrogens is 364 g/mol. The van der Waals surface area contributed by atoms with Gasteiger partial charge in [0.1, 0.15) is 0 Å². The number of aryl methyl sites for hydroxylation is 1. The Labute approximate surface area is 171 Å². The van der Waals surface area contributed by atoms with Crippen molar-refractivity contribution in [1.82, 2.24) is 10.3 Å². The van der Waals surface area contributed by atoms with Gasteiger partial charge in [-0.1, -0.05) is 61.9 Å². The number of ether oxygens (including phenoxy) is 1. The van der Waals surface area contributed by atoms with Crippen LogP contribution >= 0.6 is 0 Å². The molecule has 5 heteroatoms. The number of nitrogens with zero attached hydrogens (tertiary/aromatic N) is 1. The summed E-state index contributed by atoms with van der Waals surface area (Å²) < 4.78 is 5.29. The lowest BCUT2D eigenvalue weighted by Gasteiger charge is -2.11. The molecule has 1 amide bonds. The summed E-state index contributed by atoms with van der Waals surface area (Å²) in [6.45, 7) is 6.47. The number of pyridine rings is 1. The van der Waals surface area contributed by atoms with Crippen LogP contribution in [-0.4, -0.2) is 30.0 Å². The molecule has 3 rings (SSSR count). The Morgan fingerprint density at radius 2 is 1.79 bits per heavy atom. The highest BCUT2D eigenvalue weighted by molar-refractivity contribution is 6.05. The zero-order valence-electron chi connectivity index (χ0n) is 17.1. The van der Waals surface area contributed by atoms with Gasteiger partial charge in [-0.2, -0.15) is 0 Å². The third kappa shape index (κ3) is 5.41. The van der Waals surface area contributed by atoms with Crippen molar-refractivity contribution in [3.05, 3.63) is 65.7 Å². The molecule has 1 aromatic heterocycles. The zero-order chi connectivity index (χ0) is 20.8. The minimum atomic E-state index is -0.532. The summed E-state index contributed by atoms with van der Waals surface area (Å²) in [6, 6.07) is 17.1. The second kappa shape index (κ2) is 9.32. The molecule has 2 aromatic carbocycles. The molecule has 0 aliphatic heterocycles. The molecule has 1 N–H and O–H groups in total. The van der Waals surface area contributed by atoms with Crippen molar-refractivity contribution in [3.63, 3.8) is 0 Å². The van der Waals surface area contributed by atoms with Gasteiger partial charge in [-0.05, 0) is 31.4 Å². The Morgan fingerprint density at radius 1 is 1.07 bits per heavy atom. The predicted octanol–water partition coefficient (Wildman–Crippen LogP) is 4.53. The van der Waals surface area contributed by atoms with E-state index in [1.807, 2.05) is 55.5 Å². The number of aromatic nitrogens is 1. The predicted molar refractivity (Wildman–Crippen MR) is 115 cm³/mol. The number of rotatable bonds is 7. The fraction of sp³-hybridized carbons (Fsp3) is 0.292. The first-order valence-corrected chi connectivity index (χ1v) is 9.84. The van der Waals surface area contributed by atoms with Gasteiger partial charge in [0.05, 0.1) is 16.8 Å². The molecule has 0 saturated carbocycles. The summed E-state index contributed by atoms with van der Waals surface area (Å²) in [7, 11) is 0. The van der Waals surface area contributed by atoms with Gasteiger partial charge in [0, 0.05) is 17.5 Å². The summed E-state index contributed by atoms with van der Waals surface area (Å²) in [5.41, 5.74) is 3.87. The number of benzene rings is 2. The third-order valence-corrected chi connectivity index (χ3v) is 4.66. The lowest BCUT2D eigenvalue weighted by atomic mass is 10.0. The fourth-order valence-electron chi connectivity index (χ4n) is 2.98. The van der Waals surface area contributed by atoms with E-state index in [1.165, 1.54) is 0 Å². The van der Waals surface area contributed by atoms with Gasteiger partial charge in [0.2, 0.25) is 0 Å². The average molecular weight is 390 g/mol. The van der Waals surface area contributed by atoms with Gasteiger partial charge in [-0.3, -0.25) is 4.79 Å². The van der Waals surface area contributed by atoms with E-state index in [0.717, 1.165) is 17.5 Å². The maximum atomic E-state index is 12.8. The molecule has 0 spiro atoms. The first-order chi connectivity index (χ1) is 13.9. The molecule has 1 heterocycles. The molecule has 0 aliphatic rings. The van der Waals surface area contributed by atoms with E-state index in [9.17, 15) is 9.59 Å². The minimum Gasteiger partial charge on any atom is -0.452 e. The maximum Gasteiger partial charge on any atom is 0.339 e. The molecule has 0 bridgehead atoms. The molecule has 0 radical (unpaired) electrons. The molecule has 3 aromatic rings. The van der Waals surface area contributed by atoms with Crippen LogP contribution < -0.4 is 5.32 Å². The lowest BCUT2D eigenvalue weighted by molar-refractivity contribution is -0.124. The molecule has 150 valence electrons. The molecule has 0 atom stereocenters. The lowest BCUT2D eigenvalue weighted by Crippen LogP contribution is -2.30. The van der Waals surface area contributed by atoms with Crippen LogP contribution in [0.5, 0.6) is 0 Å². The number of para-hydroxylation sites is 1. The van der Waals surface area contributed by atoms with Crippen molar-refractivity contribution in [2.24, 2.45) is 5.92 Å². The van der Waals surface area contributed by atoms with Gasteiger partial charge in [-0.15, -0.1) is 0 Å². The van der Waals surface area contributed by atoms with Gasteiger partial charge in [0.25, 0.3) is 5.91 Å². The zero-order valence-corrected chi connectivity index (χ0v) is 17.1. The van der Waals surface area contributed by atoms with Crippen molar-refractivity contribution < 1.29 is 14.3 Å². The van der Waals surface area contributed by atoms with Gasteiger partial charge < -0.3 is 10.1 Å². The summed E-state index contributed by atoms with van der Waals surface area (Å²) in [6.07, 6.45) is 0.884. The highest BCUT2D eigenvalue weighted by Crippen LogP contribution is 2.25. The first kappa shape index (κ1) is 20.5. The van der Waals surface area contributed by atoms with Crippen molar-refractivity contribution in [2.75, 3.05) is 13.2 Å². The number of amides is 1. The normalized spacial score (nSPS) is 10.9. The second-order valence-corrected chi connectivity index (χ2v) is 7.55. The van der Waals surface area contributed by atoms with Crippen LogP contribution in [0.3, 0.4) is 0 Å². The number of fused-ring (bicyclic) bond motifs is 1. The van der Waals surface area contributed by atoms with E-state index >= 15 is 0 Å². The van der Waals surface area contributed by atoms with Gasteiger partial charge >= 0.3 is 5.97 Å². The first-order valence-electron chi connectivity index (χ1n) is 9.84. The Bertz CT molecular complexity index is 1010. The van der Waals surface area contributed by atoms with Crippen LogP contribution in [0.15, 0.2) is 54.6 Å². The second-order valence-electron chi connectivity index (χ2n) is 7.55. The van der Waals surface area contributed by atoms with Crippen molar-refractivity contribution in [3.8, 4) is 11.3 Å². The van der Waals surface area contributed by atoms with Crippen LogP contribution in [-0.2, 0) is 9.53 Å². The Kier molecular flexibility index (Phi) is 6.60. The number of carbonyl (C=O) groups excluding carboxylic acids is 2. The molecule has 0 saturated heterocycles. The average Bonchev–Trinajstić information content (AvgIpc) is 2.71. The highest BCUT2D eigenvalue weighted by Gasteiger charge is 2.16. The molecule has 0 aliphatic carbocycles. The summed E-state index contributed by atoms with van der Waals surface area (Å²) in [4.78, 5) is 29.4. The fourth-order valence-corrected chi connectivity index (χ4v) is 2.98. The third-order valence-electron chi connectivity index (χ3n) is 4.66. The molecular formula is C24H26N2O3. The van der Waals surface area contributed by atoms with E-state index < -0.39 is 5.97 Å². The van der Waals surface area contributed by atoms with E-state index in [4.69, 9.17) is 4.74 Å². The number of hydrogen-bond acceptors (Lipinski definition) is 4. The number of hydrogen-bond donors (Lipinski definition) is 1. The van der Waals surface area contributed by atoms with Gasteiger partial charge in [0.15, 0.2) is 6.61 Å². The number of nitrogens with one attached hydrogen (secondary N) is 1. The van der Waals surface area contributed by atoms with E-state index in [2.05, 4.69) is 24.1 Å². The quantitative estimate of drug-likeness (QED) is 0.602. The largest absolute Gasteiger partial charge is 0.452 e. The minimum absolute atomic E-state index is 0.295. The molecule has 0 fully saturated rings. The van der Waals surface area contributed by atoms with E-state index in [-0.39, 0.29) is 12.5 Å². The topological polar surface area (TPSA) is 68.3 Å². The van der Waals surface area contributed by atoms with Gasteiger partial charge in [-0.25, -0.2) is 9.78 Å². The SMILES string of the molecule is Cc1ccc(-c2cc(C(=O)OCC(=O)NCCC(C)C)c3ccccc3n2)cc1. The van der Waals surface area contributed by atoms with E-state index in [1.54, 1.807) is 6.07 Å².